The highest BCUT2D eigenvalue weighted by atomic mass is 16.5. The Balaban J connectivity index is 1.94. The van der Waals surface area contributed by atoms with Crippen LogP contribution < -0.4 is 4.90 Å². The van der Waals surface area contributed by atoms with Crippen molar-refractivity contribution in [3.8, 4) is 6.07 Å². The van der Waals surface area contributed by atoms with E-state index in [-0.39, 0.29) is 0 Å². The fourth-order valence-electron chi connectivity index (χ4n) is 2.11. The summed E-state index contributed by atoms with van der Waals surface area (Å²) in [6.45, 7) is 2.80. The third-order valence-corrected chi connectivity index (χ3v) is 3.09. The van der Waals surface area contributed by atoms with Crippen molar-refractivity contribution < 1.29 is 4.74 Å². The monoisotopic (exact) mass is 232 g/mol. The summed E-state index contributed by atoms with van der Waals surface area (Å²) in [5, 5.41) is 8.65. The van der Waals surface area contributed by atoms with Gasteiger partial charge in [0.1, 0.15) is 11.9 Å². The molecule has 1 saturated heterocycles. The molecule has 2 rings (SSSR count). The predicted molar refractivity (Wildman–Crippen MR) is 63.6 cm³/mol. The van der Waals surface area contributed by atoms with E-state index in [1.807, 2.05) is 6.07 Å². The Labute approximate surface area is 101 Å². The van der Waals surface area contributed by atoms with Gasteiger partial charge in [-0.1, -0.05) is 0 Å². The lowest BCUT2D eigenvalue weighted by Crippen LogP contribution is -2.35. The van der Waals surface area contributed by atoms with E-state index < -0.39 is 0 Å². The average molecular weight is 232 g/mol. The molecular formula is C12H16N4O. The van der Waals surface area contributed by atoms with E-state index in [0.29, 0.717) is 11.6 Å². The molecule has 1 aromatic rings. The van der Waals surface area contributed by atoms with Crippen molar-refractivity contribution in [2.45, 2.75) is 12.8 Å². The average Bonchev–Trinajstić information content (AvgIpc) is 2.40. The van der Waals surface area contributed by atoms with Crippen molar-refractivity contribution in [2.75, 3.05) is 31.7 Å². The maximum atomic E-state index is 8.65. The molecule has 2 heterocycles. The minimum absolute atomic E-state index is 0.364. The zero-order valence-corrected chi connectivity index (χ0v) is 9.96. The van der Waals surface area contributed by atoms with Crippen LogP contribution in [0.1, 0.15) is 18.5 Å². The first-order valence-corrected chi connectivity index (χ1v) is 5.79. The number of methoxy groups -OCH3 is 1. The molecule has 0 aromatic carbocycles. The summed E-state index contributed by atoms with van der Waals surface area (Å²) in [4.78, 5) is 10.5. The number of anilines is 1. The summed E-state index contributed by atoms with van der Waals surface area (Å²) >= 11 is 0. The van der Waals surface area contributed by atoms with Crippen molar-refractivity contribution in [1.82, 2.24) is 9.97 Å². The first kappa shape index (κ1) is 11.8. The number of hydrogen-bond acceptors (Lipinski definition) is 5. The van der Waals surface area contributed by atoms with Crippen LogP contribution in [-0.2, 0) is 4.74 Å². The summed E-state index contributed by atoms with van der Waals surface area (Å²) < 4.78 is 5.17. The molecule has 1 fully saturated rings. The zero-order valence-electron chi connectivity index (χ0n) is 9.96. The lowest BCUT2D eigenvalue weighted by Gasteiger charge is -2.32. The van der Waals surface area contributed by atoms with Gasteiger partial charge >= 0.3 is 0 Å². The minimum atomic E-state index is 0.364. The zero-order chi connectivity index (χ0) is 12.1. The van der Waals surface area contributed by atoms with Crippen LogP contribution in [0.2, 0.25) is 0 Å². The second-order valence-corrected chi connectivity index (χ2v) is 4.26. The maximum absolute atomic E-state index is 8.65. The number of nitrogens with zero attached hydrogens (tertiary/aromatic N) is 4. The SMILES string of the molecule is COCC1CCN(c2cnc(C#N)cn2)CC1. The quantitative estimate of drug-likeness (QED) is 0.784. The molecule has 1 aliphatic heterocycles. The molecule has 17 heavy (non-hydrogen) atoms. The minimum Gasteiger partial charge on any atom is -0.384 e. The van der Waals surface area contributed by atoms with Crippen molar-refractivity contribution in [2.24, 2.45) is 5.92 Å². The molecule has 1 aromatic heterocycles. The van der Waals surface area contributed by atoms with Crippen molar-refractivity contribution in [3.63, 3.8) is 0 Å². The molecule has 5 nitrogen and oxygen atoms in total. The van der Waals surface area contributed by atoms with E-state index in [0.717, 1.165) is 38.4 Å². The van der Waals surface area contributed by atoms with Crippen LogP contribution in [0.25, 0.3) is 0 Å². The smallest absolute Gasteiger partial charge is 0.158 e. The highest BCUT2D eigenvalue weighted by molar-refractivity contribution is 5.37. The van der Waals surface area contributed by atoms with Gasteiger partial charge in [-0.05, 0) is 18.8 Å². The Bertz CT molecular complexity index is 390. The normalized spacial score (nSPS) is 16.8. The number of ether oxygens (including phenoxy) is 1. The van der Waals surface area contributed by atoms with Crippen molar-refractivity contribution in [1.29, 1.82) is 5.26 Å². The Morgan fingerprint density at radius 2 is 2.18 bits per heavy atom. The molecule has 0 aliphatic carbocycles. The van der Waals surface area contributed by atoms with Crippen LogP contribution in [0.15, 0.2) is 12.4 Å². The van der Waals surface area contributed by atoms with Gasteiger partial charge in [0, 0.05) is 26.8 Å². The Hall–Kier alpha value is -1.67. The van der Waals surface area contributed by atoms with E-state index in [1.54, 1.807) is 13.3 Å². The van der Waals surface area contributed by atoms with Crippen LogP contribution in [0, 0.1) is 17.2 Å². The topological polar surface area (TPSA) is 62.0 Å². The molecule has 0 unspecified atom stereocenters. The number of rotatable bonds is 3. The lowest BCUT2D eigenvalue weighted by molar-refractivity contribution is 0.139. The van der Waals surface area contributed by atoms with E-state index in [9.17, 15) is 0 Å². The number of nitriles is 1. The molecule has 0 saturated carbocycles. The summed E-state index contributed by atoms with van der Waals surface area (Å²) in [6.07, 6.45) is 5.44. The second kappa shape index (κ2) is 5.60. The number of hydrogen-bond donors (Lipinski definition) is 0. The van der Waals surface area contributed by atoms with Crippen LogP contribution >= 0.6 is 0 Å². The van der Waals surface area contributed by atoms with Crippen LogP contribution in [0.4, 0.5) is 5.82 Å². The Kier molecular flexibility index (Phi) is 3.89. The standard InChI is InChI=1S/C12H16N4O/c1-17-9-10-2-4-16(5-3-10)12-8-14-11(6-13)7-15-12/h7-8,10H,2-5,9H2,1H3. The van der Waals surface area contributed by atoms with E-state index in [4.69, 9.17) is 10.00 Å². The summed E-state index contributed by atoms with van der Waals surface area (Å²) in [5.41, 5.74) is 0.364. The molecule has 0 radical (unpaired) electrons. The van der Waals surface area contributed by atoms with Gasteiger partial charge in [0.15, 0.2) is 5.69 Å². The Morgan fingerprint density at radius 3 is 2.71 bits per heavy atom. The van der Waals surface area contributed by atoms with Crippen molar-refractivity contribution >= 4 is 5.82 Å². The van der Waals surface area contributed by atoms with Crippen molar-refractivity contribution in [3.05, 3.63) is 18.1 Å². The number of aromatic nitrogens is 2. The first-order valence-electron chi connectivity index (χ1n) is 5.79. The molecule has 0 bridgehead atoms. The van der Waals surface area contributed by atoms with Crippen LogP contribution in [0.5, 0.6) is 0 Å². The van der Waals surface area contributed by atoms with E-state index in [1.165, 1.54) is 6.20 Å². The molecule has 0 N–H and O–H groups in total. The predicted octanol–water partition coefficient (Wildman–Crippen LogP) is 1.21. The van der Waals surface area contributed by atoms with E-state index >= 15 is 0 Å². The van der Waals surface area contributed by atoms with Gasteiger partial charge in [0.2, 0.25) is 0 Å². The van der Waals surface area contributed by atoms with Gasteiger partial charge in [0.05, 0.1) is 12.4 Å². The highest BCUT2D eigenvalue weighted by Gasteiger charge is 2.20. The Morgan fingerprint density at radius 1 is 1.41 bits per heavy atom. The lowest BCUT2D eigenvalue weighted by atomic mass is 9.98. The third-order valence-electron chi connectivity index (χ3n) is 3.09. The fraction of sp³-hybridized carbons (Fsp3) is 0.583. The van der Waals surface area contributed by atoms with Gasteiger partial charge in [-0.25, -0.2) is 9.97 Å². The van der Waals surface area contributed by atoms with Gasteiger partial charge in [-0.2, -0.15) is 5.26 Å². The molecule has 5 heteroatoms. The molecule has 0 spiro atoms. The van der Waals surface area contributed by atoms with Gasteiger partial charge < -0.3 is 9.64 Å². The summed E-state index contributed by atoms with van der Waals surface area (Å²) in [6, 6.07) is 1.97. The second-order valence-electron chi connectivity index (χ2n) is 4.26. The maximum Gasteiger partial charge on any atom is 0.158 e. The molecule has 90 valence electrons. The largest absolute Gasteiger partial charge is 0.384 e. The van der Waals surface area contributed by atoms with Crippen LogP contribution in [-0.4, -0.2) is 36.8 Å². The number of piperidine rings is 1. The fourth-order valence-corrected chi connectivity index (χ4v) is 2.11. The summed E-state index contributed by atoms with van der Waals surface area (Å²) in [7, 11) is 1.75. The summed E-state index contributed by atoms with van der Waals surface area (Å²) in [5.74, 6) is 1.52. The van der Waals surface area contributed by atoms with Gasteiger partial charge in [-0.3, -0.25) is 0 Å². The first-order chi connectivity index (χ1) is 8.33. The molecular weight excluding hydrogens is 216 g/mol. The third kappa shape index (κ3) is 2.92. The highest BCUT2D eigenvalue weighted by Crippen LogP contribution is 2.21. The molecule has 0 atom stereocenters. The van der Waals surface area contributed by atoms with Gasteiger partial charge in [-0.15, -0.1) is 0 Å². The van der Waals surface area contributed by atoms with Crippen LogP contribution in [0.3, 0.4) is 0 Å². The molecule has 1 aliphatic rings. The molecule has 0 amide bonds. The van der Waals surface area contributed by atoms with Gasteiger partial charge in [0.25, 0.3) is 0 Å². The van der Waals surface area contributed by atoms with E-state index in [2.05, 4.69) is 14.9 Å².